The Kier molecular flexibility index (Phi) is 3.79. The van der Waals surface area contributed by atoms with Crippen molar-refractivity contribution in [2.75, 3.05) is 13.1 Å². The van der Waals surface area contributed by atoms with Crippen LogP contribution in [0.5, 0.6) is 0 Å². The molecule has 3 nitrogen and oxygen atoms in total. The third-order valence-electron chi connectivity index (χ3n) is 4.88. The molecule has 0 radical (unpaired) electrons. The van der Waals surface area contributed by atoms with Gasteiger partial charge in [-0.25, -0.2) is 0 Å². The van der Waals surface area contributed by atoms with E-state index in [1.807, 2.05) is 23.7 Å². The molecule has 1 aromatic heterocycles. The predicted octanol–water partition coefficient (Wildman–Crippen LogP) is 4.71. The number of benzene rings is 2. The molecule has 0 saturated carbocycles. The van der Waals surface area contributed by atoms with Crippen LogP contribution in [0.25, 0.3) is 22.0 Å². The van der Waals surface area contributed by atoms with Gasteiger partial charge < -0.3 is 9.47 Å². The standard InChI is InChI=1S/C20H17F3N2O/c1-24-12-17(13-4-2-5-15(10-13)20(21,22)23)16-7-6-14(11-18(16)24)19(26)25-8-3-9-25/h2,4-7,10-12H,3,8-9H2,1H3. The van der Waals surface area contributed by atoms with Crippen molar-refractivity contribution in [2.24, 2.45) is 7.05 Å². The summed E-state index contributed by atoms with van der Waals surface area (Å²) in [7, 11) is 1.83. The molecule has 2 aromatic carbocycles. The van der Waals surface area contributed by atoms with Gasteiger partial charge in [0, 0.05) is 48.4 Å². The molecule has 0 bridgehead atoms. The molecule has 1 saturated heterocycles. The molecular weight excluding hydrogens is 341 g/mol. The first-order valence-corrected chi connectivity index (χ1v) is 8.40. The highest BCUT2D eigenvalue weighted by Gasteiger charge is 2.30. The molecule has 1 amide bonds. The summed E-state index contributed by atoms with van der Waals surface area (Å²) in [5.41, 5.74) is 1.98. The van der Waals surface area contributed by atoms with Crippen LogP contribution >= 0.6 is 0 Å². The van der Waals surface area contributed by atoms with E-state index in [1.165, 1.54) is 6.07 Å². The van der Waals surface area contributed by atoms with Crippen molar-refractivity contribution < 1.29 is 18.0 Å². The van der Waals surface area contributed by atoms with Crippen molar-refractivity contribution in [3.8, 4) is 11.1 Å². The van der Waals surface area contributed by atoms with Gasteiger partial charge in [-0.05, 0) is 36.2 Å². The number of rotatable bonds is 2. The molecule has 0 spiro atoms. The number of fused-ring (bicyclic) bond motifs is 1. The summed E-state index contributed by atoms with van der Waals surface area (Å²) in [5.74, 6) is -0.0000289. The van der Waals surface area contributed by atoms with Gasteiger partial charge in [0.1, 0.15) is 0 Å². The van der Waals surface area contributed by atoms with E-state index in [9.17, 15) is 18.0 Å². The van der Waals surface area contributed by atoms with Gasteiger partial charge in [0.15, 0.2) is 0 Å². The highest BCUT2D eigenvalue weighted by atomic mass is 19.4. The lowest BCUT2D eigenvalue weighted by Gasteiger charge is -2.30. The SMILES string of the molecule is Cn1cc(-c2cccc(C(F)(F)F)c2)c2ccc(C(=O)N3CCC3)cc21. The number of carbonyl (C=O) groups is 1. The molecule has 26 heavy (non-hydrogen) atoms. The maximum absolute atomic E-state index is 13.0. The Morgan fingerprint density at radius 1 is 1.08 bits per heavy atom. The smallest absolute Gasteiger partial charge is 0.350 e. The molecule has 134 valence electrons. The lowest BCUT2D eigenvalue weighted by atomic mass is 10.0. The normalized spacial score (nSPS) is 14.5. The monoisotopic (exact) mass is 358 g/mol. The largest absolute Gasteiger partial charge is 0.416 e. The van der Waals surface area contributed by atoms with Crippen LogP contribution in [0.1, 0.15) is 22.3 Å². The van der Waals surface area contributed by atoms with Crippen LogP contribution in [0.15, 0.2) is 48.7 Å². The van der Waals surface area contributed by atoms with Gasteiger partial charge in [0.2, 0.25) is 0 Å². The Morgan fingerprint density at radius 2 is 1.85 bits per heavy atom. The molecule has 1 aliphatic heterocycles. The van der Waals surface area contributed by atoms with Crippen LogP contribution < -0.4 is 0 Å². The van der Waals surface area contributed by atoms with Crippen molar-refractivity contribution in [3.63, 3.8) is 0 Å². The Morgan fingerprint density at radius 3 is 2.50 bits per heavy atom. The van der Waals surface area contributed by atoms with Crippen LogP contribution in [-0.4, -0.2) is 28.5 Å². The summed E-state index contributed by atoms with van der Waals surface area (Å²) in [6, 6.07) is 10.7. The van der Waals surface area contributed by atoms with E-state index in [1.54, 1.807) is 23.2 Å². The van der Waals surface area contributed by atoms with Gasteiger partial charge in [-0.3, -0.25) is 4.79 Å². The Bertz CT molecular complexity index is 1000. The number of nitrogens with zero attached hydrogens (tertiary/aromatic N) is 2. The molecule has 2 heterocycles. The fourth-order valence-electron chi connectivity index (χ4n) is 3.31. The molecule has 3 aromatic rings. The number of aryl methyl sites for hydroxylation is 1. The molecule has 4 rings (SSSR count). The fraction of sp³-hybridized carbons (Fsp3) is 0.250. The molecule has 1 fully saturated rings. The van der Waals surface area contributed by atoms with Crippen LogP contribution in [0.3, 0.4) is 0 Å². The maximum Gasteiger partial charge on any atom is 0.416 e. The molecule has 1 aliphatic rings. The fourth-order valence-corrected chi connectivity index (χ4v) is 3.31. The van der Waals surface area contributed by atoms with E-state index in [2.05, 4.69) is 0 Å². The van der Waals surface area contributed by atoms with Crippen LogP contribution in [0.2, 0.25) is 0 Å². The Labute approximate surface area is 148 Å². The second kappa shape index (κ2) is 5.90. The third kappa shape index (κ3) is 2.75. The quantitative estimate of drug-likeness (QED) is 0.651. The molecule has 0 atom stereocenters. The van der Waals surface area contributed by atoms with Gasteiger partial charge in [0.25, 0.3) is 5.91 Å². The minimum atomic E-state index is -4.38. The highest BCUT2D eigenvalue weighted by molar-refractivity contribution is 6.02. The topological polar surface area (TPSA) is 25.2 Å². The molecular formula is C20H17F3N2O. The minimum absolute atomic E-state index is 0.0000289. The van der Waals surface area contributed by atoms with Crippen LogP contribution in [0.4, 0.5) is 13.2 Å². The lowest BCUT2D eigenvalue weighted by molar-refractivity contribution is -0.137. The van der Waals surface area contributed by atoms with Crippen molar-refractivity contribution in [3.05, 3.63) is 59.8 Å². The number of hydrogen-bond donors (Lipinski definition) is 0. The van der Waals surface area contributed by atoms with Gasteiger partial charge in [-0.2, -0.15) is 13.2 Å². The van der Waals surface area contributed by atoms with Gasteiger partial charge in [-0.1, -0.05) is 18.2 Å². The lowest BCUT2D eigenvalue weighted by Crippen LogP contribution is -2.41. The minimum Gasteiger partial charge on any atom is -0.350 e. The second-order valence-corrected chi connectivity index (χ2v) is 6.61. The average molecular weight is 358 g/mol. The molecule has 0 unspecified atom stereocenters. The highest BCUT2D eigenvalue weighted by Crippen LogP contribution is 2.35. The number of halogens is 3. The van der Waals surface area contributed by atoms with E-state index >= 15 is 0 Å². The zero-order chi connectivity index (χ0) is 18.5. The first kappa shape index (κ1) is 16.7. The van der Waals surface area contributed by atoms with E-state index < -0.39 is 11.7 Å². The average Bonchev–Trinajstić information content (AvgIpc) is 2.89. The van der Waals surface area contributed by atoms with E-state index in [0.29, 0.717) is 11.1 Å². The van der Waals surface area contributed by atoms with Crippen LogP contribution in [0, 0.1) is 0 Å². The first-order chi connectivity index (χ1) is 12.3. The summed E-state index contributed by atoms with van der Waals surface area (Å²) in [4.78, 5) is 14.2. The van der Waals surface area contributed by atoms with E-state index in [-0.39, 0.29) is 5.91 Å². The Hall–Kier alpha value is -2.76. The number of hydrogen-bond acceptors (Lipinski definition) is 1. The van der Waals surface area contributed by atoms with E-state index in [0.717, 1.165) is 48.1 Å². The van der Waals surface area contributed by atoms with E-state index in [4.69, 9.17) is 0 Å². The number of likely N-dealkylation sites (tertiary alicyclic amines) is 1. The maximum atomic E-state index is 13.0. The van der Waals surface area contributed by atoms with Gasteiger partial charge in [-0.15, -0.1) is 0 Å². The zero-order valence-corrected chi connectivity index (χ0v) is 14.2. The first-order valence-electron chi connectivity index (χ1n) is 8.40. The van der Waals surface area contributed by atoms with Crippen molar-refractivity contribution in [1.82, 2.24) is 9.47 Å². The molecule has 6 heteroatoms. The number of alkyl halides is 3. The van der Waals surface area contributed by atoms with Crippen molar-refractivity contribution >= 4 is 16.8 Å². The zero-order valence-electron chi connectivity index (χ0n) is 14.2. The predicted molar refractivity (Wildman–Crippen MR) is 93.9 cm³/mol. The van der Waals surface area contributed by atoms with Crippen LogP contribution in [-0.2, 0) is 13.2 Å². The number of carbonyl (C=O) groups excluding carboxylic acids is 1. The second-order valence-electron chi connectivity index (χ2n) is 6.61. The Balaban J connectivity index is 1.79. The van der Waals surface area contributed by atoms with Gasteiger partial charge >= 0.3 is 6.18 Å². The summed E-state index contributed by atoms with van der Waals surface area (Å²) < 4.78 is 40.9. The number of aromatic nitrogens is 1. The summed E-state index contributed by atoms with van der Waals surface area (Å²) in [6.45, 7) is 1.55. The third-order valence-corrected chi connectivity index (χ3v) is 4.88. The van der Waals surface area contributed by atoms with Crippen molar-refractivity contribution in [1.29, 1.82) is 0 Å². The van der Waals surface area contributed by atoms with Gasteiger partial charge in [0.05, 0.1) is 5.56 Å². The molecule has 0 aliphatic carbocycles. The number of amides is 1. The summed E-state index contributed by atoms with van der Waals surface area (Å²) in [6.07, 6.45) is -1.55. The summed E-state index contributed by atoms with van der Waals surface area (Å²) in [5, 5.41) is 0.826. The molecule has 0 N–H and O–H groups in total. The van der Waals surface area contributed by atoms with Crippen molar-refractivity contribution in [2.45, 2.75) is 12.6 Å². The summed E-state index contributed by atoms with van der Waals surface area (Å²) >= 11 is 0.